The molecule has 0 aromatic rings. The Morgan fingerprint density at radius 3 is 2.57 bits per heavy atom. The predicted molar refractivity (Wildman–Crippen MR) is 84.9 cm³/mol. The molecule has 1 amide bonds. The first kappa shape index (κ1) is 16.8. The van der Waals surface area contributed by atoms with Crippen LogP contribution >= 0.6 is 0 Å². The topological polar surface area (TPSA) is 64.3 Å². The number of hydrogen-bond acceptors (Lipinski definition) is 3. The quantitative estimate of drug-likeness (QED) is 0.710. The van der Waals surface area contributed by atoms with Gasteiger partial charge in [0.1, 0.15) is 5.54 Å². The van der Waals surface area contributed by atoms with Crippen LogP contribution in [-0.4, -0.2) is 30.7 Å². The van der Waals surface area contributed by atoms with Crippen LogP contribution in [0.3, 0.4) is 0 Å². The lowest BCUT2D eigenvalue weighted by Gasteiger charge is -2.57. The van der Waals surface area contributed by atoms with Gasteiger partial charge in [0.25, 0.3) is 0 Å². The minimum absolute atomic E-state index is 0.00475. The molecule has 0 bridgehead atoms. The smallest absolute Gasteiger partial charge is 0.240 e. The highest BCUT2D eigenvalue weighted by molar-refractivity contribution is 5.88. The second-order valence-electron chi connectivity index (χ2n) is 7.39. The molecule has 0 aromatic carbocycles. The van der Waals surface area contributed by atoms with Crippen molar-refractivity contribution >= 4 is 5.91 Å². The molecule has 4 nitrogen and oxygen atoms in total. The Morgan fingerprint density at radius 1 is 1.33 bits per heavy atom. The van der Waals surface area contributed by atoms with Gasteiger partial charge in [-0.15, -0.1) is 0 Å². The lowest BCUT2D eigenvalue weighted by atomic mass is 9.54. The highest BCUT2D eigenvalue weighted by Crippen LogP contribution is 2.49. The molecule has 21 heavy (non-hydrogen) atoms. The summed E-state index contributed by atoms with van der Waals surface area (Å²) in [5.41, 5.74) is 5.29. The molecule has 4 heteroatoms. The van der Waals surface area contributed by atoms with E-state index in [1.54, 1.807) is 0 Å². The molecule has 2 rings (SSSR count). The van der Waals surface area contributed by atoms with Crippen molar-refractivity contribution in [3.8, 4) is 0 Å². The Morgan fingerprint density at radius 2 is 2.00 bits per heavy atom. The first-order valence-electron chi connectivity index (χ1n) is 8.60. The van der Waals surface area contributed by atoms with Crippen molar-refractivity contribution < 1.29 is 9.53 Å². The summed E-state index contributed by atoms with van der Waals surface area (Å²) >= 11 is 0. The minimum Gasteiger partial charge on any atom is -0.378 e. The van der Waals surface area contributed by atoms with E-state index in [0.717, 1.165) is 18.9 Å². The largest absolute Gasteiger partial charge is 0.378 e. The zero-order chi connectivity index (χ0) is 15.5. The minimum atomic E-state index is -0.778. The number of rotatable bonds is 7. The summed E-state index contributed by atoms with van der Waals surface area (Å²) in [7, 11) is 0. The summed E-state index contributed by atoms with van der Waals surface area (Å²) < 4.78 is 5.67. The van der Waals surface area contributed by atoms with Crippen molar-refractivity contribution in [2.24, 2.45) is 17.1 Å². The Kier molecular flexibility index (Phi) is 5.31. The SMILES string of the molecule is CCOC1CC(N)(C(=O)NCCCC2CCCC2)C1(C)C. The molecule has 2 fully saturated rings. The molecule has 0 saturated heterocycles. The van der Waals surface area contributed by atoms with Crippen LogP contribution in [0.2, 0.25) is 0 Å². The molecular formula is C17H32N2O2. The fraction of sp³-hybridized carbons (Fsp3) is 0.941. The van der Waals surface area contributed by atoms with Crippen LogP contribution in [0.4, 0.5) is 0 Å². The Labute approximate surface area is 129 Å². The van der Waals surface area contributed by atoms with Crippen LogP contribution in [0.1, 0.15) is 65.7 Å². The molecule has 0 spiro atoms. The van der Waals surface area contributed by atoms with Crippen molar-refractivity contribution in [2.75, 3.05) is 13.2 Å². The van der Waals surface area contributed by atoms with Crippen LogP contribution < -0.4 is 11.1 Å². The van der Waals surface area contributed by atoms with Crippen molar-refractivity contribution in [1.82, 2.24) is 5.32 Å². The van der Waals surface area contributed by atoms with Crippen LogP contribution in [0.5, 0.6) is 0 Å². The average Bonchev–Trinajstić information content (AvgIpc) is 2.96. The van der Waals surface area contributed by atoms with E-state index >= 15 is 0 Å². The van der Waals surface area contributed by atoms with E-state index in [-0.39, 0.29) is 17.4 Å². The average molecular weight is 296 g/mol. The van der Waals surface area contributed by atoms with Gasteiger partial charge in [0.05, 0.1) is 6.10 Å². The molecular weight excluding hydrogens is 264 g/mol. The number of hydrogen-bond donors (Lipinski definition) is 2. The normalized spacial score (nSPS) is 31.9. The number of carbonyl (C=O) groups is 1. The predicted octanol–water partition coefficient (Wildman–Crippen LogP) is 2.61. The van der Waals surface area contributed by atoms with Gasteiger partial charge >= 0.3 is 0 Å². The van der Waals surface area contributed by atoms with E-state index in [4.69, 9.17) is 10.5 Å². The number of carbonyl (C=O) groups excluding carboxylic acids is 1. The van der Waals surface area contributed by atoms with Gasteiger partial charge < -0.3 is 15.8 Å². The van der Waals surface area contributed by atoms with Gasteiger partial charge in [-0.25, -0.2) is 0 Å². The van der Waals surface area contributed by atoms with Gasteiger partial charge in [-0.1, -0.05) is 39.5 Å². The molecule has 2 aliphatic rings. The van der Waals surface area contributed by atoms with E-state index in [2.05, 4.69) is 5.32 Å². The van der Waals surface area contributed by atoms with Crippen LogP contribution in [0.25, 0.3) is 0 Å². The van der Waals surface area contributed by atoms with E-state index in [9.17, 15) is 4.79 Å². The number of nitrogens with one attached hydrogen (secondary N) is 1. The van der Waals surface area contributed by atoms with Crippen molar-refractivity contribution in [1.29, 1.82) is 0 Å². The van der Waals surface area contributed by atoms with Crippen LogP contribution in [0, 0.1) is 11.3 Å². The standard InChI is InChI=1S/C17H32N2O2/c1-4-21-14-12-17(18,16(14,2)3)15(20)19-11-7-10-13-8-5-6-9-13/h13-14H,4-12,18H2,1-3H3,(H,19,20). The molecule has 0 aromatic heterocycles. The number of amides is 1. The van der Waals surface area contributed by atoms with Gasteiger partial charge in [0, 0.05) is 25.0 Å². The molecule has 0 radical (unpaired) electrons. The molecule has 0 aliphatic heterocycles. The summed E-state index contributed by atoms with van der Waals surface area (Å²) in [4.78, 5) is 12.4. The zero-order valence-electron chi connectivity index (χ0n) is 13.9. The van der Waals surface area contributed by atoms with E-state index in [1.807, 2.05) is 20.8 Å². The van der Waals surface area contributed by atoms with Gasteiger partial charge in [0.15, 0.2) is 0 Å². The number of nitrogens with two attached hydrogens (primary N) is 1. The molecule has 2 saturated carbocycles. The van der Waals surface area contributed by atoms with E-state index in [0.29, 0.717) is 13.0 Å². The van der Waals surface area contributed by atoms with Crippen molar-refractivity contribution in [3.05, 3.63) is 0 Å². The number of ether oxygens (including phenoxy) is 1. The lowest BCUT2D eigenvalue weighted by molar-refractivity contribution is -0.170. The fourth-order valence-corrected chi connectivity index (χ4v) is 3.87. The van der Waals surface area contributed by atoms with Gasteiger partial charge in [-0.2, -0.15) is 0 Å². The maximum atomic E-state index is 12.4. The molecule has 3 N–H and O–H groups in total. The molecule has 2 unspecified atom stereocenters. The fourth-order valence-electron chi connectivity index (χ4n) is 3.87. The summed E-state index contributed by atoms with van der Waals surface area (Å²) in [6.07, 6.45) is 8.55. The summed E-state index contributed by atoms with van der Waals surface area (Å²) in [6, 6.07) is 0. The highest BCUT2D eigenvalue weighted by atomic mass is 16.5. The van der Waals surface area contributed by atoms with Gasteiger partial charge in [0.2, 0.25) is 5.91 Å². The first-order chi connectivity index (χ1) is 9.91. The Bertz CT molecular complexity index is 364. The third-order valence-electron chi connectivity index (χ3n) is 5.78. The highest BCUT2D eigenvalue weighted by Gasteiger charge is 2.62. The maximum absolute atomic E-state index is 12.4. The summed E-state index contributed by atoms with van der Waals surface area (Å²) in [5, 5.41) is 3.05. The Balaban J connectivity index is 1.72. The molecule has 122 valence electrons. The van der Waals surface area contributed by atoms with Gasteiger partial charge in [-0.05, 0) is 25.7 Å². The Hall–Kier alpha value is -0.610. The third-order valence-corrected chi connectivity index (χ3v) is 5.78. The van der Waals surface area contributed by atoms with Crippen LogP contribution in [0.15, 0.2) is 0 Å². The summed E-state index contributed by atoms with van der Waals surface area (Å²) in [5.74, 6) is 0.881. The van der Waals surface area contributed by atoms with Crippen molar-refractivity contribution in [2.45, 2.75) is 77.4 Å². The van der Waals surface area contributed by atoms with E-state index < -0.39 is 5.54 Å². The third kappa shape index (κ3) is 3.26. The molecule has 0 heterocycles. The second kappa shape index (κ2) is 6.66. The second-order valence-corrected chi connectivity index (χ2v) is 7.39. The zero-order valence-corrected chi connectivity index (χ0v) is 13.9. The molecule has 2 atom stereocenters. The van der Waals surface area contributed by atoms with Crippen LogP contribution in [-0.2, 0) is 9.53 Å². The van der Waals surface area contributed by atoms with E-state index in [1.165, 1.54) is 32.1 Å². The molecule has 2 aliphatic carbocycles. The summed E-state index contributed by atoms with van der Waals surface area (Å²) in [6.45, 7) is 7.48. The van der Waals surface area contributed by atoms with Crippen molar-refractivity contribution in [3.63, 3.8) is 0 Å². The lowest BCUT2D eigenvalue weighted by Crippen LogP contribution is -2.75. The van der Waals surface area contributed by atoms with Gasteiger partial charge in [-0.3, -0.25) is 4.79 Å². The maximum Gasteiger partial charge on any atom is 0.240 e. The monoisotopic (exact) mass is 296 g/mol. The first-order valence-corrected chi connectivity index (χ1v) is 8.60.